The molecular formula is C19H20F2N2O2. The van der Waals surface area contributed by atoms with E-state index in [1.54, 1.807) is 6.92 Å². The highest BCUT2D eigenvalue weighted by molar-refractivity contribution is 5.94. The molecule has 132 valence electrons. The number of likely N-dealkylation sites (N-methyl/N-ethyl adjacent to an activating group) is 1. The Morgan fingerprint density at radius 2 is 2.04 bits per heavy atom. The Labute approximate surface area is 145 Å². The second kappa shape index (κ2) is 7.09. The Morgan fingerprint density at radius 3 is 2.76 bits per heavy atom. The minimum Gasteiger partial charge on any atom is -0.481 e. The van der Waals surface area contributed by atoms with Gasteiger partial charge in [-0.3, -0.25) is 4.79 Å². The third-order valence-electron chi connectivity index (χ3n) is 4.30. The van der Waals surface area contributed by atoms with Gasteiger partial charge >= 0.3 is 0 Å². The van der Waals surface area contributed by atoms with Gasteiger partial charge in [-0.2, -0.15) is 0 Å². The van der Waals surface area contributed by atoms with E-state index < -0.39 is 17.7 Å². The minimum absolute atomic E-state index is 0.104. The summed E-state index contributed by atoms with van der Waals surface area (Å²) in [4.78, 5) is 14.6. The molecule has 0 saturated heterocycles. The van der Waals surface area contributed by atoms with Crippen molar-refractivity contribution in [2.24, 2.45) is 0 Å². The normalized spacial score (nSPS) is 14.2. The van der Waals surface area contributed by atoms with Crippen molar-refractivity contribution in [3.05, 3.63) is 53.6 Å². The lowest BCUT2D eigenvalue weighted by molar-refractivity contribution is -0.122. The number of nitrogens with zero attached hydrogens (tertiary/aromatic N) is 1. The van der Waals surface area contributed by atoms with Crippen LogP contribution in [0, 0.1) is 11.6 Å². The molecule has 1 aliphatic heterocycles. The first kappa shape index (κ1) is 17.2. The maximum Gasteiger partial charge on any atom is 0.265 e. The summed E-state index contributed by atoms with van der Waals surface area (Å²) in [5.74, 6) is -2.22. The van der Waals surface area contributed by atoms with Crippen LogP contribution in [0.25, 0.3) is 0 Å². The lowest BCUT2D eigenvalue weighted by Gasteiger charge is -2.18. The molecule has 4 nitrogen and oxygen atoms in total. The summed E-state index contributed by atoms with van der Waals surface area (Å²) < 4.78 is 31.5. The first-order valence-electron chi connectivity index (χ1n) is 8.28. The molecule has 0 bridgehead atoms. The van der Waals surface area contributed by atoms with Crippen LogP contribution in [0.15, 0.2) is 36.4 Å². The number of fused-ring (bicyclic) bond motifs is 1. The number of benzene rings is 2. The summed E-state index contributed by atoms with van der Waals surface area (Å²) in [6, 6.07) is 9.01. The van der Waals surface area contributed by atoms with Crippen molar-refractivity contribution in [2.75, 3.05) is 23.3 Å². The smallest absolute Gasteiger partial charge is 0.265 e. The molecule has 1 N–H and O–H groups in total. The summed E-state index contributed by atoms with van der Waals surface area (Å²) in [5.41, 5.74) is 3.09. The van der Waals surface area contributed by atoms with Crippen LogP contribution < -0.4 is 15.0 Å². The van der Waals surface area contributed by atoms with Gasteiger partial charge in [0.05, 0.1) is 0 Å². The van der Waals surface area contributed by atoms with Gasteiger partial charge in [-0.05, 0) is 50.1 Å². The highest BCUT2D eigenvalue weighted by atomic mass is 19.2. The van der Waals surface area contributed by atoms with Crippen LogP contribution in [0.3, 0.4) is 0 Å². The number of carbonyl (C=O) groups is 1. The van der Waals surface area contributed by atoms with Crippen LogP contribution in [0.2, 0.25) is 0 Å². The van der Waals surface area contributed by atoms with Crippen LogP contribution >= 0.6 is 0 Å². The lowest BCUT2D eigenvalue weighted by atomic mass is 10.1. The van der Waals surface area contributed by atoms with Gasteiger partial charge < -0.3 is 15.0 Å². The van der Waals surface area contributed by atoms with E-state index in [4.69, 9.17) is 4.74 Å². The first-order valence-corrected chi connectivity index (χ1v) is 8.28. The number of hydrogen-bond donors (Lipinski definition) is 1. The van der Waals surface area contributed by atoms with Gasteiger partial charge in [0.25, 0.3) is 5.91 Å². The SMILES string of the molecule is CCN1CCc2ccc(NC(=O)C(C)Oc3ccc(F)c(F)c3)cc21. The molecule has 6 heteroatoms. The van der Waals surface area contributed by atoms with Gasteiger partial charge in [-0.15, -0.1) is 0 Å². The second-order valence-electron chi connectivity index (χ2n) is 6.00. The van der Waals surface area contributed by atoms with Crippen molar-refractivity contribution in [1.29, 1.82) is 0 Å². The van der Waals surface area contributed by atoms with Gasteiger partial charge in [0.15, 0.2) is 17.7 Å². The zero-order valence-electron chi connectivity index (χ0n) is 14.2. The Morgan fingerprint density at radius 1 is 1.24 bits per heavy atom. The fourth-order valence-corrected chi connectivity index (χ4v) is 2.90. The molecule has 0 fully saturated rings. The van der Waals surface area contributed by atoms with Crippen molar-refractivity contribution < 1.29 is 18.3 Å². The number of hydrogen-bond acceptors (Lipinski definition) is 3. The molecule has 1 atom stereocenters. The van der Waals surface area contributed by atoms with Crippen LogP contribution in [-0.4, -0.2) is 25.1 Å². The molecular weight excluding hydrogens is 326 g/mol. The van der Waals surface area contributed by atoms with E-state index in [9.17, 15) is 13.6 Å². The Kier molecular flexibility index (Phi) is 4.88. The standard InChI is InChI=1S/C19H20F2N2O2/c1-3-23-9-8-13-4-5-14(10-18(13)23)22-19(24)12(2)25-15-6-7-16(20)17(21)11-15/h4-7,10-12H,3,8-9H2,1-2H3,(H,22,24). The van der Waals surface area contributed by atoms with Crippen molar-refractivity contribution in [1.82, 2.24) is 0 Å². The fraction of sp³-hybridized carbons (Fsp3) is 0.316. The average Bonchev–Trinajstić information content (AvgIpc) is 3.00. The molecule has 25 heavy (non-hydrogen) atoms. The Balaban J connectivity index is 1.66. The summed E-state index contributed by atoms with van der Waals surface area (Å²) in [5, 5.41) is 2.80. The number of nitrogens with one attached hydrogen (secondary N) is 1. The summed E-state index contributed by atoms with van der Waals surface area (Å²) in [7, 11) is 0. The van der Waals surface area contributed by atoms with E-state index in [-0.39, 0.29) is 11.7 Å². The second-order valence-corrected chi connectivity index (χ2v) is 6.00. The first-order chi connectivity index (χ1) is 12.0. The molecule has 0 spiro atoms. The molecule has 1 aliphatic rings. The van der Waals surface area contributed by atoms with Gasteiger partial charge in [-0.1, -0.05) is 6.07 Å². The number of carbonyl (C=O) groups excluding carboxylic acids is 1. The van der Waals surface area contributed by atoms with Gasteiger partial charge in [0.1, 0.15) is 5.75 Å². The summed E-state index contributed by atoms with van der Waals surface area (Å²) in [6.45, 7) is 5.55. The lowest BCUT2D eigenvalue weighted by Crippen LogP contribution is -2.30. The van der Waals surface area contributed by atoms with Crippen molar-refractivity contribution >= 4 is 17.3 Å². The Hall–Kier alpha value is -2.63. The molecule has 1 heterocycles. The van der Waals surface area contributed by atoms with Crippen LogP contribution in [0.5, 0.6) is 5.75 Å². The van der Waals surface area contributed by atoms with Crippen molar-refractivity contribution in [2.45, 2.75) is 26.4 Å². The van der Waals surface area contributed by atoms with Crippen molar-refractivity contribution in [3.63, 3.8) is 0 Å². The molecule has 1 unspecified atom stereocenters. The maximum atomic E-state index is 13.2. The third kappa shape index (κ3) is 3.73. The van der Waals surface area contributed by atoms with E-state index in [0.717, 1.165) is 37.3 Å². The molecule has 1 amide bonds. The number of halogens is 2. The predicted molar refractivity (Wildman–Crippen MR) is 93.1 cm³/mol. The third-order valence-corrected chi connectivity index (χ3v) is 4.30. The van der Waals surface area contributed by atoms with E-state index in [1.807, 2.05) is 18.2 Å². The number of rotatable bonds is 5. The maximum absolute atomic E-state index is 13.2. The van der Waals surface area contributed by atoms with Crippen molar-refractivity contribution in [3.8, 4) is 5.75 Å². The number of anilines is 2. The van der Waals surface area contributed by atoms with Gasteiger partial charge in [-0.25, -0.2) is 8.78 Å². The molecule has 0 saturated carbocycles. The minimum atomic E-state index is -1.01. The average molecular weight is 346 g/mol. The topological polar surface area (TPSA) is 41.6 Å². The molecule has 2 aromatic carbocycles. The van der Waals surface area contributed by atoms with E-state index >= 15 is 0 Å². The van der Waals surface area contributed by atoms with Crippen LogP contribution in [0.1, 0.15) is 19.4 Å². The summed E-state index contributed by atoms with van der Waals surface area (Å²) >= 11 is 0. The molecule has 0 aliphatic carbocycles. The highest BCUT2D eigenvalue weighted by Gasteiger charge is 2.20. The molecule has 2 aromatic rings. The zero-order chi connectivity index (χ0) is 18.0. The number of ether oxygens (including phenoxy) is 1. The molecule has 0 radical (unpaired) electrons. The van der Waals surface area contributed by atoms with Gasteiger partial charge in [0, 0.05) is 30.5 Å². The van der Waals surface area contributed by atoms with E-state index in [2.05, 4.69) is 17.1 Å². The molecule has 0 aromatic heterocycles. The zero-order valence-corrected chi connectivity index (χ0v) is 14.2. The van der Waals surface area contributed by atoms with Crippen LogP contribution in [-0.2, 0) is 11.2 Å². The van der Waals surface area contributed by atoms with Gasteiger partial charge in [0.2, 0.25) is 0 Å². The van der Waals surface area contributed by atoms with Crippen LogP contribution in [0.4, 0.5) is 20.2 Å². The molecule has 3 rings (SSSR count). The quantitative estimate of drug-likeness (QED) is 0.896. The Bertz CT molecular complexity index is 795. The summed E-state index contributed by atoms with van der Waals surface area (Å²) in [6.07, 6.45) is 0.160. The van der Waals surface area contributed by atoms with E-state index in [0.29, 0.717) is 5.69 Å². The predicted octanol–water partition coefficient (Wildman–Crippen LogP) is 3.75. The fourth-order valence-electron chi connectivity index (χ4n) is 2.90. The highest BCUT2D eigenvalue weighted by Crippen LogP contribution is 2.30. The number of amides is 1. The largest absolute Gasteiger partial charge is 0.481 e. The monoisotopic (exact) mass is 346 g/mol. The van der Waals surface area contributed by atoms with E-state index in [1.165, 1.54) is 11.6 Å².